The van der Waals surface area contributed by atoms with Gasteiger partial charge in [0.25, 0.3) is 0 Å². The van der Waals surface area contributed by atoms with E-state index in [0.717, 1.165) is 0 Å². The highest BCUT2D eigenvalue weighted by atomic mass is 31.2. The number of ketones is 2. The largest absolute Gasteiger partial charge is 0.496 e. The van der Waals surface area contributed by atoms with E-state index in [9.17, 15) is 14.2 Å². The Labute approximate surface area is 221 Å². The van der Waals surface area contributed by atoms with Crippen LogP contribution in [0.4, 0.5) is 0 Å². The molecule has 0 fully saturated rings. The smallest absolute Gasteiger partial charge is 0.191 e. The zero-order valence-electron chi connectivity index (χ0n) is 23.8. The van der Waals surface area contributed by atoms with Crippen molar-refractivity contribution in [3.05, 3.63) is 47.5 Å². The van der Waals surface area contributed by atoms with E-state index in [1.807, 2.05) is 6.92 Å². The maximum absolute atomic E-state index is 14.8. The molecule has 0 spiro atoms. The molecule has 2 rings (SSSR count). The summed E-state index contributed by atoms with van der Waals surface area (Å²) >= 11 is 0. The summed E-state index contributed by atoms with van der Waals surface area (Å²) in [5.41, 5.74) is 0.0932. The zero-order valence-corrected chi connectivity index (χ0v) is 24.7. The summed E-state index contributed by atoms with van der Waals surface area (Å²) in [7, 11) is 2.26. The lowest BCUT2D eigenvalue weighted by atomic mass is 9.76. The van der Waals surface area contributed by atoms with Gasteiger partial charge in [-0.3, -0.25) is 9.59 Å². The molecule has 1 atom stereocenters. The van der Waals surface area contributed by atoms with E-state index in [1.54, 1.807) is 36.4 Å². The summed E-state index contributed by atoms with van der Waals surface area (Å²) in [6.45, 7) is 11.3. The van der Waals surface area contributed by atoms with Gasteiger partial charge in [0.2, 0.25) is 0 Å². The van der Waals surface area contributed by atoms with Crippen LogP contribution in [-0.4, -0.2) is 58.5 Å². The second-order valence-electron chi connectivity index (χ2n) is 11.0. The van der Waals surface area contributed by atoms with Crippen LogP contribution in [-0.2, 0) is 4.57 Å². The molecule has 0 aromatic heterocycles. The molecule has 0 aliphatic heterocycles. The van der Waals surface area contributed by atoms with Gasteiger partial charge in [-0.15, -0.1) is 0 Å². The van der Waals surface area contributed by atoms with Gasteiger partial charge in [0.15, 0.2) is 11.6 Å². The fraction of sp³-hybridized carbons (Fsp3) is 0.517. The van der Waals surface area contributed by atoms with Gasteiger partial charge < -0.3 is 23.5 Å². The molecule has 2 aromatic rings. The van der Waals surface area contributed by atoms with Gasteiger partial charge >= 0.3 is 0 Å². The SMILES string of the molecule is COc1cccc(OC)c1C(=O)C(CC(C)CC(C)(C)C)(C(=O)c1c(OC)cccc1OC)P(C)(C)=O. The average molecular weight is 533 g/mol. The maximum Gasteiger partial charge on any atom is 0.191 e. The highest BCUT2D eigenvalue weighted by Gasteiger charge is 2.58. The molecule has 37 heavy (non-hydrogen) atoms. The van der Waals surface area contributed by atoms with Crippen molar-refractivity contribution in [3.8, 4) is 23.0 Å². The Balaban J connectivity index is 3.00. The maximum atomic E-state index is 14.8. The number of hydrogen-bond donors (Lipinski definition) is 0. The van der Waals surface area contributed by atoms with Crippen molar-refractivity contribution in [1.29, 1.82) is 0 Å². The first-order valence-corrected chi connectivity index (χ1v) is 14.8. The van der Waals surface area contributed by atoms with Gasteiger partial charge in [0.05, 0.1) is 28.4 Å². The Hall–Kier alpha value is -2.79. The van der Waals surface area contributed by atoms with E-state index in [0.29, 0.717) is 6.42 Å². The molecule has 0 radical (unpaired) electrons. The van der Waals surface area contributed by atoms with Gasteiger partial charge in [-0.2, -0.15) is 0 Å². The van der Waals surface area contributed by atoms with Crippen LogP contribution in [0.5, 0.6) is 23.0 Å². The lowest BCUT2D eigenvalue weighted by molar-refractivity contribution is 0.0796. The van der Waals surface area contributed by atoms with Crippen LogP contribution in [0.15, 0.2) is 36.4 Å². The monoisotopic (exact) mass is 532 g/mol. The van der Waals surface area contributed by atoms with Crippen LogP contribution in [0.3, 0.4) is 0 Å². The van der Waals surface area contributed by atoms with Crippen LogP contribution in [0, 0.1) is 11.3 Å². The predicted molar refractivity (Wildman–Crippen MR) is 148 cm³/mol. The van der Waals surface area contributed by atoms with Crippen molar-refractivity contribution in [1.82, 2.24) is 0 Å². The van der Waals surface area contributed by atoms with Crippen LogP contribution in [0.2, 0.25) is 0 Å². The summed E-state index contributed by atoms with van der Waals surface area (Å²) in [6.07, 6.45) is 0.774. The van der Waals surface area contributed by atoms with Crippen LogP contribution in [0.25, 0.3) is 0 Å². The number of ether oxygens (including phenoxy) is 4. The Bertz CT molecular complexity index is 1060. The molecule has 0 N–H and O–H groups in total. The van der Waals surface area contributed by atoms with E-state index in [1.165, 1.54) is 41.8 Å². The van der Waals surface area contributed by atoms with Crippen LogP contribution >= 0.6 is 7.14 Å². The summed E-state index contributed by atoms with van der Waals surface area (Å²) in [5.74, 6) is -0.364. The molecule has 2 aromatic carbocycles. The minimum atomic E-state index is -3.51. The summed E-state index contributed by atoms with van der Waals surface area (Å²) in [4.78, 5) is 29.5. The first kappa shape index (κ1) is 30.4. The van der Waals surface area contributed by atoms with Crippen LogP contribution < -0.4 is 18.9 Å². The molecule has 7 nitrogen and oxygen atoms in total. The third kappa shape index (κ3) is 6.20. The molecule has 0 aliphatic rings. The summed E-state index contributed by atoms with van der Waals surface area (Å²) in [5, 5.41) is -1.93. The van der Waals surface area contributed by atoms with E-state index in [2.05, 4.69) is 20.8 Å². The van der Waals surface area contributed by atoms with Gasteiger partial charge in [0, 0.05) is 0 Å². The topological polar surface area (TPSA) is 88.1 Å². The second-order valence-corrected chi connectivity index (χ2v) is 14.5. The number of benzene rings is 2. The Kier molecular flexibility index (Phi) is 9.64. The molecule has 0 amide bonds. The van der Waals surface area contributed by atoms with Crippen molar-refractivity contribution in [2.45, 2.75) is 45.7 Å². The average Bonchev–Trinajstić information content (AvgIpc) is 2.83. The molecule has 8 heteroatoms. The Morgan fingerprint density at radius 1 is 0.730 bits per heavy atom. The summed E-state index contributed by atoms with van der Waals surface area (Å²) in [6, 6.07) is 9.90. The number of methoxy groups -OCH3 is 4. The van der Waals surface area contributed by atoms with Crippen molar-refractivity contribution in [3.63, 3.8) is 0 Å². The Morgan fingerprint density at radius 2 is 1.05 bits per heavy atom. The molecule has 0 saturated carbocycles. The van der Waals surface area contributed by atoms with Gasteiger partial charge in [-0.25, -0.2) is 0 Å². The van der Waals surface area contributed by atoms with Gasteiger partial charge in [-0.1, -0.05) is 39.8 Å². The standard InChI is InChI=1S/C29H41O7P/c1-19(17-28(2,3)4)18-29(37(9,10)32,26(30)24-20(33-5)13-11-14-21(24)34-6)27(31)25-22(35-7)15-12-16-23(25)36-8/h11-16,19H,17-18H2,1-10H3. The first-order valence-electron chi connectivity index (χ1n) is 12.2. The van der Waals surface area contributed by atoms with Crippen molar-refractivity contribution in [2.75, 3.05) is 41.8 Å². The lowest BCUT2D eigenvalue weighted by Crippen LogP contribution is -2.48. The molecule has 204 valence electrons. The minimum Gasteiger partial charge on any atom is -0.496 e. The van der Waals surface area contributed by atoms with Gasteiger partial charge in [-0.05, 0) is 61.8 Å². The number of hydrogen-bond acceptors (Lipinski definition) is 7. The fourth-order valence-corrected chi connectivity index (χ4v) is 7.14. The van der Waals surface area contributed by atoms with E-state index in [4.69, 9.17) is 18.9 Å². The second kappa shape index (κ2) is 11.7. The van der Waals surface area contributed by atoms with E-state index >= 15 is 0 Å². The molecule has 0 bridgehead atoms. The predicted octanol–water partition coefficient (Wildman–Crippen LogP) is 6.61. The third-order valence-corrected chi connectivity index (χ3v) is 9.01. The van der Waals surface area contributed by atoms with Crippen molar-refractivity contribution >= 4 is 18.7 Å². The molecular formula is C29H41O7P. The third-order valence-electron chi connectivity index (χ3n) is 6.59. The molecule has 0 saturated heterocycles. The first-order chi connectivity index (χ1) is 17.2. The molecule has 0 aliphatic carbocycles. The van der Waals surface area contributed by atoms with Gasteiger partial charge in [0.1, 0.15) is 46.4 Å². The highest BCUT2D eigenvalue weighted by Crippen LogP contribution is 2.60. The van der Waals surface area contributed by atoms with Crippen LogP contribution in [0.1, 0.15) is 61.3 Å². The number of carbonyl (C=O) groups excluding carboxylic acids is 2. The minimum absolute atomic E-state index is 0.0641. The molecule has 1 unspecified atom stereocenters. The number of carbonyl (C=O) groups is 2. The normalized spacial score (nSPS) is 13.0. The molecular weight excluding hydrogens is 491 g/mol. The number of Topliss-reactive ketones (excluding diaryl/α,β-unsaturated/α-hetero) is 2. The van der Waals surface area contributed by atoms with E-state index < -0.39 is 23.9 Å². The zero-order chi connectivity index (χ0) is 28.2. The number of rotatable bonds is 12. The Morgan fingerprint density at radius 3 is 1.30 bits per heavy atom. The van der Waals surface area contributed by atoms with E-state index in [-0.39, 0.29) is 51.9 Å². The quantitative estimate of drug-likeness (QED) is 0.173. The molecule has 0 heterocycles. The lowest BCUT2D eigenvalue weighted by Gasteiger charge is -2.39. The van der Waals surface area contributed by atoms with Crippen molar-refractivity contribution < 1.29 is 33.1 Å². The fourth-order valence-electron chi connectivity index (χ4n) is 5.18. The summed E-state index contributed by atoms with van der Waals surface area (Å²) < 4.78 is 36.5. The highest BCUT2D eigenvalue weighted by molar-refractivity contribution is 7.66. The van der Waals surface area contributed by atoms with Crippen molar-refractivity contribution in [2.24, 2.45) is 11.3 Å².